The lowest BCUT2D eigenvalue weighted by Gasteiger charge is -2.18. The van der Waals surface area contributed by atoms with Gasteiger partial charge in [0.1, 0.15) is 5.56 Å². The molecule has 2 aliphatic carbocycles. The fraction of sp³-hybridized carbons (Fsp3) is 0.667. The summed E-state index contributed by atoms with van der Waals surface area (Å²) in [5.74, 6) is 0.781. The summed E-state index contributed by atoms with van der Waals surface area (Å²) < 4.78 is 0. The van der Waals surface area contributed by atoms with E-state index in [0.717, 1.165) is 63.6 Å². The van der Waals surface area contributed by atoms with Crippen LogP contribution in [0.15, 0.2) is 11.2 Å². The number of hydrogen-bond donors (Lipinski definition) is 3. The highest BCUT2D eigenvalue weighted by atomic mass is 16.3. The van der Waals surface area contributed by atoms with Crippen LogP contribution < -0.4 is 10.6 Å². The first-order valence-electron chi connectivity index (χ1n) is 9.32. The number of unbranched alkanes of at least 4 members (excludes halogenated alkanes) is 1. The predicted octanol–water partition coefficient (Wildman–Crippen LogP) is 2.59. The maximum absolute atomic E-state index is 12.5. The summed E-state index contributed by atoms with van der Waals surface area (Å²) in [6.45, 7) is 2.93. The molecule has 2 saturated carbocycles. The van der Waals surface area contributed by atoms with Gasteiger partial charge in [0.05, 0.1) is 6.10 Å². The van der Waals surface area contributed by atoms with Crippen LogP contribution in [0.5, 0.6) is 0 Å². The first-order valence-corrected chi connectivity index (χ1v) is 9.32. The van der Waals surface area contributed by atoms with Gasteiger partial charge in [-0.3, -0.25) is 4.79 Å². The Bertz CT molecular complexity index is 632. The molecule has 2 aliphatic rings. The fourth-order valence-corrected chi connectivity index (χ4v) is 2.77. The number of aliphatic imine (C=N–C) groups is 1. The van der Waals surface area contributed by atoms with Crippen molar-refractivity contribution in [3.05, 3.63) is 11.8 Å². The molecule has 7 heteroatoms. The molecule has 3 rings (SSSR count). The van der Waals surface area contributed by atoms with Gasteiger partial charge in [-0.2, -0.15) is 4.98 Å². The highest BCUT2D eigenvalue weighted by molar-refractivity contribution is 6.00. The van der Waals surface area contributed by atoms with Gasteiger partial charge in [-0.25, -0.2) is 9.98 Å². The normalized spacial score (nSPS) is 20.2. The molecule has 0 saturated heterocycles. The zero-order chi connectivity index (χ0) is 17.6. The average molecular weight is 345 g/mol. The van der Waals surface area contributed by atoms with Crippen molar-refractivity contribution in [2.75, 3.05) is 11.9 Å². The molecule has 7 nitrogen and oxygen atoms in total. The Kier molecular flexibility index (Phi) is 5.96. The number of aliphatic hydroxyl groups excluding tert-OH is 1. The molecular weight excluding hydrogens is 318 g/mol. The van der Waals surface area contributed by atoms with Gasteiger partial charge in [0.25, 0.3) is 5.91 Å². The number of anilines is 1. The van der Waals surface area contributed by atoms with E-state index in [-0.39, 0.29) is 18.1 Å². The molecule has 3 N–H and O–H groups in total. The molecule has 1 amide bonds. The summed E-state index contributed by atoms with van der Waals surface area (Å²) in [6.07, 6.45) is 8.44. The third kappa shape index (κ3) is 5.22. The van der Waals surface area contributed by atoms with Crippen LogP contribution in [0.25, 0.3) is 0 Å². The van der Waals surface area contributed by atoms with Crippen molar-refractivity contribution >= 4 is 23.4 Å². The van der Waals surface area contributed by atoms with E-state index in [1.807, 2.05) is 0 Å². The standard InChI is InChI=1S/C18H27N5O2/c1-2-3-10-19-18-20-11-15(17(25)22-13-4-5-13)16(23-18)21-12-6-8-14(24)9-7-12/h11,13-14,24H,2-10H2,1H3,(H,22,25)(H,19,20,23). The maximum Gasteiger partial charge on any atom is 0.256 e. The second kappa shape index (κ2) is 8.38. The van der Waals surface area contributed by atoms with Gasteiger partial charge in [-0.15, -0.1) is 0 Å². The van der Waals surface area contributed by atoms with Gasteiger partial charge < -0.3 is 15.7 Å². The molecule has 136 valence electrons. The van der Waals surface area contributed by atoms with Crippen molar-refractivity contribution in [1.82, 2.24) is 15.3 Å². The number of nitrogens with zero attached hydrogens (tertiary/aromatic N) is 3. The summed E-state index contributed by atoms with van der Waals surface area (Å²) in [7, 11) is 0. The van der Waals surface area contributed by atoms with Crippen LogP contribution in [0, 0.1) is 0 Å². The average Bonchev–Trinajstić information content (AvgIpc) is 3.41. The Morgan fingerprint density at radius 2 is 2.08 bits per heavy atom. The zero-order valence-electron chi connectivity index (χ0n) is 14.8. The lowest BCUT2D eigenvalue weighted by Crippen LogP contribution is -2.26. The molecule has 0 aromatic carbocycles. The van der Waals surface area contributed by atoms with Crippen molar-refractivity contribution in [2.24, 2.45) is 4.99 Å². The summed E-state index contributed by atoms with van der Waals surface area (Å²) in [4.78, 5) is 25.9. The van der Waals surface area contributed by atoms with Crippen molar-refractivity contribution in [3.8, 4) is 0 Å². The minimum absolute atomic E-state index is 0.155. The molecule has 0 bridgehead atoms. The third-order valence-electron chi connectivity index (χ3n) is 4.54. The molecule has 1 aromatic rings. The third-order valence-corrected chi connectivity index (χ3v) is 4.54. The Hall–Kier alpha value is -2.02. The molecule has 0 atom stereocenters. The van der Waals surface area contributed by atoms with Crippen LogP contribution in [-0.4, -0.2) is 45.4 Å². The summed E-state index contributed by atoms with van der Waals surface area (Å²) in [6, 6.07) is 0.278. The first-order chi connectivity index (χ1) is 12.2. The lowest BCUT2D eigenvalue weighted by molar-refractivity contribution is 0.0951. The second-order valence-electron chi connectivity index (χ2n) is 6.87. The highest BCUT2D eigenvalue weighted by Gasteiger charge is 2.26. The molecule has 1 heterocycles. The van der Waals surface area contributed by atoms with Gasteiger partial charge in [-0.1, -0.05) is 13.3 Å². The molecule has 25 heavy (non-hydrogen) atoms. The van der Waals surface area contributed by atoms with Crippen LogP contribution in [0.3, 0.4) is 0 Å². The van der Waals surface area contributed by atoms with Gasteiger partial charge in [0.15, 0.2) is 5.82 Å². The van der Waals surface area contributed by atoms with E-state index < -0.39 is 0 Å². The minimum Gasteiger partial charge on any atom is -0.393 e. The molecule has 0 radical (unpaired) electrons. The van der Waals surface area contributed by atoms with Crippen LogP contribution in [0.1, 0.15) is 68.6 Å². The summed E-state index contributed by atoms with van der Waals surface area (Å²) in [5.41, 5.74) is 1.41. The number of carbonyl (C=O) groups is 1. The van der Waals surface area contributed by atoms with Crippen LogP contribution in [-0.2, 0) is 0 Å². The molecular formula is C18H27N5O2. The van der Waals surface area contributed by atoms with Gasteiger partial charge in [0.2, 0.25) is 5.95 Å². The highest BCUT2D eigenvalue weighted by Crippen LogP contribution is 2.25. The lowest BCUT2D eigenvalue weighted by atomic mass is 9.96. The largest absolute Gasteiger partial charge is 0.393 e. The van der Waals surface area contributed by atoms with Gasteiger partial charge >= 0.3 is 0 Å². The molecule has 2 fully saturated rings. The Labute approximate surface area is 148 Å². The van der Waals surface area contributed by atoms with E-state index in [1.54, 1.807) is 6.20 Å². The van der Waals surface area contributed by atoms with Gasteiger partial charge in [0, 0.05) is 24.5 Å². The Morgan fingerprint density at radius 1 is 1.32 bits per heavy atom. The zero-order valence-corrected chi connectivity index (χ0v) is 14.8. The van der Waals surface area contributed by atoms with Crippen molar-refractivity contribution in [2.45, 2.75) is 70.4 Å². The Balaban J connectivity index is 1.80. The van der Waals surface area contributed by atoms with Crippen LogP contribution >= 0.6 is 0 Å². The second-order valence-corrected chi connectivity index (χ2v) is 6.87. The Morgan fingerprint density at radius 3 is 2.76 bits per heavy atom. The topological polar surface area (TPSA) is 99.5 Å². The number of amides is 1. The number of rotatable bonds is 7. The van der Waals surface area contributed by atoms with E-state index in [0.29, 0.717) is 17.3 Å². The van der Waals surface area contributed by atoms with E-state index in [2.05, 4.69) is 32.5 Å². The van der Waals surface area contributed by atoms with Crippen LogP contribution in [0.2, 0.25) is 0 Å². The molecule has 0 unspecified atom stereocenters. The SMILES string of the molecule is CCCCNc1ncc(C(=O)NC2CC2)c(N=C2CCC(O)CC2)n1. The fourth-order valence-electron chi connectivity index (χ4n) is 2.77. The molecule has 1 aromatic heterocycles. The number of aromatic nitrogens is 2. The monoisotopic (exact) mass is 345 g/mol. The quantitative estimate of drug-likeness (QED) is 0.660. The van der Waals surface area contributed by atoms with E-state index in [1.165, 1.54) is 0 Å². The van der Waals surface area contributed by atoms with E-state index in [4.69, 9.17) is 0 Å². The molecule has 0 aliphatic heterocycles. The number of carbonyl (C=O) groups excluding carboxylic acids is 1. The van der Waals surface area contributed by atoms with Crippen molar-refractivity contribution < 1.29 is 9.90 Å². The summed E-state index contributed by atoms with van der Waals surface area (Å²) in [5, 5.41) is 15.8. The van der Waals surface area contributed by atoms with E-state index in [9.17, 15) is 9.90 Å². The van der Waals surface area contributed by atoms with Crippen molar-refractivity contribution in [3.63, 3.8) is 0 Å². The predicted molar refractivity (Wildman–Crippen MR) is 97.5 cm³/mol. The van der Waals surface area contributed by atoms with Crippen LogP contribution in [0.4, 0.5) is 11.8 Å². The number of aliphatic hydroxyl groups is 1. The van der Waals surface area contributed by atoms with Crippen molar-refractivity contribution in [1.29, 1.82) is 0 Å². The maximum atomic E-state index is 12.5. The number of nitrogens with one attached hydrogen (secondary N) is 2. The first kappa shape index (κ1) is 17.8. The minimum atomic E-state index is -0.242. The summed E-state index contributed by atoms with van der Waals surface area (Å²) >= 11 is 0. The smallest absolute Gasteiger partial charge is 0.256 e. The molecule has 0 spiro atoms. The number of hydrogen-bond acceptors (Lipinski definition) is 6. The van der Waals surface area contributed by atoms with Gasteiger partial charge in [-0.05, 0) is 44.9 Å². The van der Waals surface area contributed by atoms with E-state index >= 15 is 0 Å².